The van der Waals surface area contributed by atoms with E-state index >= 15 is 0 Å². The van der Waals surface area contributed by atoms with Crippen LogP contribution in [-0.4, -0.2) is 37.0 Å². The van der Waals surface area contributed by atoms with E-state index in [1.807, 2.05) is 0 Å². The van der Waals surface area contributed by atoms with Gasteiger partial charge in [-0.1, -0.05) is 0 Å². The molecule has 0 aliphatic rings. The van der Waals surface area contributed by atoms with Gasteiger partial charge in [0.2, 0.25) is 0 Å². The van der Waals surface area contributed by atoms with Crippen molar-refractivity contribution in [3.05, 3.63) is 58.0 Å². The van der Waals surface area contributed by atoms with Crippen LogP contribution in [0.3, 0.4) is 0 Å². The first-order valence-corrected chi connectivity index (χ1v) is 6.95. The molecule has 0 saturated heterocycles. The lowest BCUT2D eigenvalue weighted by molar-refractivity contribution is -0.384. The summed E-state index contributed by atoms with van der Waals surface area (Å²) in [4.78, 5) is 33.6. The molecule has 1 aromatic heterocycles. The normalized spacial score (nSPS) is 10.0. The number of anilines is 1. The quantitative estimate of drug-likeness (QED) is 0.343. The van der Waals surface area contributed by atoms with Crippen LogP contribution in [-0.2, 0) is 4.74 Å². The van der Waals surface area contributed by atoms with Crippen molar-refractivity contribution >= 4 is 23.3 Å². The number of ether oxygens (including phenoxy) is 1. The van der Waals surface area contributed by atoms with Crippen LogP contribution >= 0.6 is 0 Å². The second kappa shape index (κ2) is 7.77. The van der Waals surface area contributed by atoms with Crippen LogP contribution in [0.5, 0.6) is 0 Å². The fraction of sp³-hybridized carbons (Fsp3) is 0.200. The highest BCUT2D eigenvalue weighted by molar-refractivity contribution is 5.96. The predicted molar refractivity (Wildman–Crippen MR) is 84.0 cm³/mol. The molecule has 2 N–H and O–H groups in total. The molecular weight excluding hydrogens is 318 g/mol. The number of hydrogen-bond donors (Lipinski definition) is 2. The van der Waals surface area contributed by atoms with Crippen molar-refractivity contribution in [2.24, 2.45) is 0 Å². The first-order valence-electron chi connectivity index (χ1n) is 6.95. The average Bonchev–Trinajstić information content (AvgIpc) is 3.12. The molecule has 2 aromatic rings. The van der Waals surface area contributed by atoms with Gasteiger partial charge >= 0.3 is 5.97 Å². The summed E-state index contributed by atoms with van der Waals surface area (Å²) in [6.45, 7) is 0.561. The molecular formula is C15H15N3O6. The molecule has 0 bridgehead atoms. The topological polar surface area (TPSA) is 124 Å². The van der Waals surface area contributed by atoms with Crippen LogP contribution in [0.15, 0.2) is 41.0 Å². The molecule has 9 nitrogen and oxygen atoms in total. The molecule has 0 atom stereocenters. The number of methoxy groups -OCH3 is 1. The maximum atomic E-state index is 11.7. The number of esters is 1. The lowest BCUT2D eigenvalue weighted by Gasteiger charge is -2.11. The summed E-state index contributed by atoms with van der Waals surface area (Å²) in [5.41, 5.74) is 0.204. The third-order valence-electron chi connectivity index (χ3n) is 3.09. The molecule has 1 amide bonds. The molecule has 1 heterocycles. The highest BCUT2D eigenvalue weighted by Crippen LogP contribution is 2.22. The lowest BCUT2D eigenvalue weighted by Crippen LogP contribution is -2.28. The van der Waals surface area contributed by atoms with Gasteiger partial charge in [-0.2, -0.15) is 0 Å². The van der Waals surface area contributed by atoms with Crippen molar-refractivity contribution in [1.82, 2.24) is 5.32 Å². The minimum absolute atomic E-state index is 0.0454. The number of hydrogen-bond acceptors (Lipinski definition) is 7. The number of carbonyl (C=O) groups is 2. The predicted octanol–water partition coefficient (Wildman–Crippen LogP) is 1.82. The Hall–Kier alpha value is -3.36. The Morgan fingerprint density at radius 2 is 2.08 bits per heavy atom. The SMILES string of the molecule is COC(=O)c1cc([N+](=O)[O-])ccc1NCCNC(=O)c1ccco1. The molecule has 0 spiro atoms. The Balaban J connectivity index is 1.97. The van der Waals surface area contributed by atoms with E-state index in [0.29, 0.717) is 12.2 Å². The number of rotatable bonds is 7. The number of nitrogens with zero attached hydrogens (tertiary/aromatic N) is 1. The molecule has 126 valence electrons. The van der Waals surface area contributed by atoms with Gasteiger partial charge in [-0.05, 0) is 18.2 Å². The van der Waals surface area contributed by atoms with E-state index in [-0.39, 0.29) is 29.5 Å². The van der Waals surface area contributed by atoms with Crippen molar-refractivity contribution < 1.29 is 23.7 Å². The van der Waals surface area contributed by atoms with Gasteiger partial charge < -0.3 is 19.8 Å². The van der Waals surface area contributed by atoms with E-state index in [1.54, 1.807) is 6.07 Å². The summed E-state index contributed by atoms with van der Waals surface area (Å²) in [6.07, 6.45) is 1.40. The summed E-state index contributed by atoms with van der Waals surface area (Å²) in [5, 5.41) is 16.4. The van der Waals surface area contributed by atoms with Crippen molar-refractivity contribution in [3.8, 4) is 0 Å². The van der Waals surface area contributed by atoms with Crippen LogP contribution in [0.25, 0.3) is 0 Å². The summed E-state index contributed by atoms with van der Waals surface area (Å²) in [5.74, 6) is -0.861. The Kier molecular flexibility index (Phi) is 5.50. The van der Waals surface area contributed by atoms with E-state index in [1.165, 1.54) is 31.6 Å². The summed E-state index contributed by atoms with van der Waals surface area (Å²) in [7, 11) is 1.19. The first kappa shape index (κ1) is 17.0. The standard InChI is InChI=1S/C15H15N3O6/c1-23-15(20)11-9-10(18(21)22)4-5-12(11)16-6-7-17-14(19)13-3-2-8-24-13/h2-5,8-9,16H,6-7H2,1H3,(H,17,19). The molecule has 0 saturated carbocycles. The highest BCUT2D eigenvalue weighted by atomic mass is 16.6. The Morgan fingerprint density at radius 1 is 1.29 bits per heavy atom. The Bertz CT molecular complexity index is 742. The van der Waals surface area contributed by atoms with Crippen LogP contribution in [0, 0.1) is 10.1 Å². The minimum atomic E-state index is -0.694. The molecule has 0 aliphatic heterocycles. The maximum absolute atomic E-state index is 11.7. The minimum Gasteiger partial charge on any atom is -0.465 e. The van der Waals surface area contributed by atoms with Crippen molar-refractivity contribution in [1.29, 1.82) is 0 Å². The van der Waals surface area contributed by atoms with Crippen LogP contribution in [0.4, 0.5) is 11.4 Å². The van der Waals surface area contributed by atoms with Gasteiger partial charge in [0.15, 0.2) is 5.76 Å². The van der Waals surface area contributed by atoms with Crippen LogP contribution in [0.2, 0.25) is 0 Å². The van der Waals surface area contributed by atoms with E-state index < -0.39 is 10.9 Å². The highest BCUT2D eigenvalue weighted by Gasteiger charge is 2.17. The molecule has 24 heavy (non-hydrogen) atoms. The van der Waals surface area contributed by atoms with Crippen molar-refractivity contribution in [2.45, 2.75) is 0 Å². The van der Waals surface area contributed by atoms with Gasteiger partial charge in [0.25, 0.3) is 11.6 Å². The molecule has 9 heteroatoms. The van der Waals surface area contributed by atoms with Gasteiger partial charge in [-0.15, -0.1) is 0 Å². The van der Waals surface area contributed by atoms with Crippen LogP contribution in [0.1, 0.15) is 20.9 Å². The Morgan fingerprint density at radius 3 is 2.71 bits per heavy atom. The third-order valence-corrected chi connectivity index (χ3v) is 3.09. The second-order valence-corrected chi connectivity index (χ2v) is 4.64. The Labute approximate surface area is 136 Å². The van der Waals surface area contributed by atoms with Gasteiger partial charge in [-0.25, -0.2) is 4.79 Å². The molecule has 1 aromatic carbocycles. The third kappa shape index (κ3) is 4.09. The van der Waals surface area contributed by atoms with E-state index in [2.05, 4.69) is 15.4 Å². The number of nitro groups is 1. The average molecular weight is 333 g/mol. The zero-order valence-electron chi connectivity index (χ0n) is 12.8. The fourth-order valence-corrected chi connectivity index (χ4v) is 1.95. The summed E-state index contributed by atoms with van der Waals surface area (Å²) >= 11 is 0. The zero-order valence-corrected chi connectivity index (χ0v) is 12.8. The maximum Gasteiger partial charge on any atom is 0.340 e. The molecule has 0 radical (unpaired) electrons. The number of amides is 1. The zero-order chi connectivity index (χ0) is 17.5. The number of benzene rings is 1. The molecule has 0 unspecified atom stereocenters. The smallest absolute Gasteiger partial charge is 0.340 e. The van der Waals surface area contributed by atoms with E-state index in [0.717, 1.165) is 6.07 Å². The first-order chi connectivity index (χ1) is 11.5. The molecule has 2 rings (SSSR count). The number of nitro benzene ring substituents is 1. The number of nitrogens with one attached hydrogen (secondary N) is 2. The van der Waals surface area contributed by atoms with Gasteiger partial charge in [-0.3, -0.25) is 14.9 Å². The number of furan rings is 1. The fourth-order valence-electron chi connectivity index (χ4n) is 1.95. The van der Waals surface area contributed by atoms with E-state index in [4.69, 9.17) is 4.42 Å². The monoisotopic (exact) mass is 333 g/mol. The van der Waals surface area contributed by atoms with E-state index in [9.17, 15) is 19.7 Å². The number of non-ortho nitro benzene ring substituents is 1. The van der Waals surface area contributed by atoms with Gasteiger partial charge in [0, 0.05) is 30.9 Å². The largest absolute Gasteiger partial charge is 0.465 e. The van der Waals surface area contributed by atoms with Gasteiger partial charge in [0.1, 0.15) is 0 Å². The second-order valence-electron chi connectivity index (χ2n) is 4.64. The molecule has 0 fully saturated rings. The van der Waals surface area contributed by atoms with Crippen molar-refractivity contribution in [2.75, 3.05) is 25.5 Å². The molecule has 0 aliphatic carbocycles. The lowest BCUT2D eigenvalue weighted by atomic mass is 10.1. The van der Waals surface area contributed by atoms with Gasteiger partial charge in [0.05, 0.1) is 23.9 Å². The summed E-state index contributed by atoms with van der Waals surface area (Å²) in [6, 6.07) is 6.96. The number of carbonyl (C=O) groups excluding carboxylic acids is 2. The van der Waals surface area contributed by atoms with Crippen molar-refractivity contribution in [3.63, 3.8) is 0 Å². The van der Waals surface area contributed by atoms with Crippen LogP contribution < -0.4 is 10.6 Å². The summed E-state index contributed by atoms with van der Waals surface area (Å²) < 4.78 is 9.58.